The normalized spacial score (nSPS) is 12.3. The van der Waals surface area contributed by atoms with E-state index in [9.17, 15) is 0 Å². The lowest BCUT2D eigenvalue weighted by atomic mass is 10.00. The number of nitrogens with one attached hydrogen (secondary N) is 2. The molecule has 5 heterocycles. The smallest absolute Gasteiger partial charge is 0.0737 e. The number of fused-ring (bicyclic) bond motifs is 11. The molecule has 0 amide bonds. The Morgan fingerprint density at radius 2 is 0.722 bits per heavy atom. The third kappa shape index (κ3) is 5.15. The number of nitrogens with zero attached hydrogens (tertiary/aromatic N) is 2. The molecular weight excluding hydrogens is 657 g/mol. The van der Waals surface area contributed by atoms with Gasteiger partial charge in [0.15, 0.2) is 0 Å². The summed E-state index contributed by atoms with van der Waals surface area (Å²) in [6, 6.07) is 56.3. The van der Waals surface area contributed by atoms with E-state index >= 15 is 0 Å². The van der Waals surface area contributed by atoms with Crippen LogP contribution in [0.25, 0.3) is 112 Å². The molecule has 3 aromatic heterocycles. The van der Waals surface area contributed by atoms with Crippen molar-refractivity contribution in [2.24, 2.45) is 0 Å². The molecule has 2 aliphatic rings. The second-order valence-corrected chi connectivity index (χ2v) is 14.0. The number of rotatable bonds is 3. The lowest BCUT2D eigenvalue weighted by Gasteiger charge is -2.08. The van der Waals surface area contributed by atoms with Gasteiger partial charge in [0.1, 0.15) is 0 Å². The maximum absolute atomic E-state index is 5.46. The minimum atomic E-state index is 0.889. The third-order valence-electron chi connectivity index (χ3n) is 10.7. The van der Waals surface area contributed by atoms with Crippen molar-refractivity contribution in [1.82, 2.24) is 19.9 Å². The molecule has 0 aliphatic carbocycles. The van der Waals surface area contributed by atoms with Gasteiger partial charge in [0.2, 0.25) is 0 Å². The summed E-state index contributed by atoms with van der Waals surface area (Å²) in [5, 5.41) is 7.18. The summed E-state index contributed by atoms with van der Waals surface area (Å²) in [5.74, 6) is 0. The summed E-state index contributed by atoms with van der Waals surface area (Å²) >= 11 is 0. The Morgan fingerprint density at radius 1 is 0.315 bits per heavy atom. The van der Waals surface area contributed by atoms with Crippen LogP contribution in [-0.2, 0) is 0 Å². The van der Waals surface area contributed by atoms with E-state index in [1.807, 2.05) is 0 Å². The minimum absolute atomic E-state index is 0.889. The van der Waals surface area contributed by atoms with E-state index in [1.54, 1.807) is 0 Å². The van der Waals surface area contributed by atoms with Gasteiger partial charge in [-0.15, -0.1) is 0 Å². The molecule has 0 unspecified atom stereocenters. The van der Waals surface area contributed by atoms with Gasteiger partial charge in [-0.1, -0.05) is 109 Å². The van der Waals surface area contributed by atoms with Gasteiger partial charge < -0.3 is 9.97 Å². The van der Waals surface area contributed by atoms with E-state index in [0.717, 1.165) is 78.2 Å². The highest BCUT2D eigenvalue weighted by atomic mass is 14.8. The molecule has 2 N–H and O–H groups in total. The number of hydrogen-bond donors (Lipinski definition) is 2. The first-order chi connectivity index (χ1) is 26.7. The van der Waals surface area contributed by atoms with Crippen molar-refractivity contribution in [3.05, 3.63) is 181 Å². The second-order valence-electron chi connectivity index (χ2n) is 14.0. The number of hydrogen-bond acceptors (Lipinski definition) is 2. The van der Waals surface area contributed by atoms with Gasteiger partial charge in [0.25, 0.3) is 0 Å². The monoisotopic (exact) mass is 688 g/mol. The number of benzene rings is 6. The molecule has 0 fully saturated rings. The summed E-state index contributed by atoms with van der Waals surface area (Å²) in [4.78, 5) is 18.3. The van der Waals surface area contributed by atoms with Gasteiger partial charge in [-0.25, -0.2) is 9.97 Å². The first kappa shape index (κ1) is 30.3. The fourth-order valence-corrected chi connectivity index (χ4v) is 8.08. The van der Waals surface area contributed by atoms with Gasteiger partial charge >= 0.3 is 0 Å². The van der Waals surface area contributed by atoms with Crippen LogP contribution in [0.1, 0.15) is 22.8 Å². The lowest BCUT2D eigenvalue weighted by molar-refractivity contribution is 1.31. The SMILES string of the molecule is C1=Cc2nc1cc1ccc([nH]1)c(-c1ccc3ccccc3c1)c1nc(c(-c3ccc4ccccc4c3)c3ccc([nH]3)c2-c2ccc3ccccc3c2)C=C1. The van der Waals surface area contributed by atoms with Gasteiger partial charge in [-0.3, -0.25) is 0 Å². The van der Waals surface area contributed by atoms with E-state index in [0.29, 0.717) is 0 Å². The molecule has 9 aromatic rings. The summed E-state index contributed by atoms with van der Waals surface area (Å²) in [6.45, 7) is 0. The highest BCUT2D eigenvalue weighted by molar-refractivity contribution is 6.01. The van der Waals surface area contributed by atoms with Gasteiger partial charge in [0, 0.05) is 38.8 Å². The fourth-order valence-electron chi connectivity index (χ4n) is 8.08. The average molecular weight is 689 g/mol. The first-order valence-corrected chi connectivity index (χ1v) is 18.3. The molecule has 0 atom stereocenters. The summed E-state index contributed by atoms with van der Waals surface area (Å²) in [6.07, 6.45) is 8.55. The Kier molecular flexibility index (Phi) is 6.82. The third-order valence-corrected chi connectivity index (χ3v) is 10.7. The molecule has 0 saturated heterocycles. The van der Waals surface area contributed by atoms with Gasteiger partial charge in [-0.2, -0.15) is 0 Å². The van der Waals surface area contributed by atoms with Crippen LogP contribution < -0.4 is 0 Å². The van der Waals surface area contributed by atoms with Gasteiger partial charge in [0.05, 0.1) is 22.8 Å². The maximum atomic E-state index is 5.46. The van der Waals surface area contributed by atoms with E-state index < -0.39 is 0 Å². The van der Waals surface area contributed by atoms with Gasteiger partial charge in [-0.05, 0) is 122 Å². The second kappa shape index (κ2) is 12.1. The molecule has 8 bridgehead atoms. The Hall–Kier alpha value is -7.30. The molecule has 0 spiro atoms. The lowest BCUT2D eigenvalue weighted by Crippen LogP contribution is -1.89. The van der Waals surface area contributed by atoms with Crippen LogP contribution >= 0.6 is 0 Å². The quantitative estimate of drug-likeness (QED) is 0.194. The summed E-state index contributed by atoms with van der Waals surface area (Å²) in [5.41, 5.74) is 14.0. The predicted octanol–water partition coefficient (Wildman–Crippen LogP) is 13.1. The Labute approximate surface area is 311 Å². The molecule has 54 heavy (non-hydrogen) atoms. The molecule has 4 nitrogen and oxygen atoms in total. The van der Waals surface area contributed by atoms with Crippen molar-refractivity contribution in [2.45, 2.75) is 0 Å². The number of aromatic amines is 2. The zero-order chi connectivity index (χ0) is 35.6. The van der Waals surface area contributed by atoms with E-state index in [-0.39, 0.29) is 0 Å². The predicted molar refractivity (Wildman–Crippen MR) is 228 cm³/mol. The molecule has 0 radical (unpaired) electrons. The topological polar surface area (TPSA) is 57.4 Å². The molecular formula is C50H32N4. The molecule has 2 aliphatic heterocycles. The summed E-state index contributed by atoms with van der Waals surface area (Å²) < 4.78 is 0. The molecule has 4 heteroatoms. The van der Waals surface area contributed by atoms with Crippen molar-refractivity contribution in [2.75, 3.05) is 0 Å². The fraction of sp³-hybridized carbons (Fsp3) is 0. The Balaban J connectivity index is 1.26. The van der Waals surface area contributed by atoms with Crippen molar-refractivity contribution >= 4 is 78.7 Å². The highest BCUT2D eigenvalue weighted by Gasteiger charge is 2.17. The molecule has 6 aromatic carbocycles. The van der Waals surface area contributed by atoms with Crippen molar-refractivity contribution < 1.29 is 0 Å². The van der Waals surface area contributed by atoms with Crippen molar-refractivity contribution in [3.8, 4) is 33.4 Å². The van der Waals surface area contributed by atoms with Crippen LogP contribution in [0.4, 0.5) is 0 Å². The van der Waals surface area contributed by atoms with E-state index in [2.05, 4.69) is 192 Å². The summed E-state index contributed by atoms with van der Waals surface area (Å²) in [7, 11) is 0. The first-order valence-electron chi connectivity index (χ1n) is 18.3. The number of H-pyrrole nitrogens is 2. The zero-order valence-corrected chi connectivity index (χ0v) is 29.2. The standard InChI is InChI=1S/C50H32N4/c1-4-10-34-27-37(16-13-31(34)7-1)48-42-21-19-40(51-42)30-41-20-22-43(52-41)49(38-17-14-32-8-2-5-11-35(32)28-38)45-24-26-47(54-45)50(46-25-23-44(48)53-46)39-18-15-33-9-3-6-12-36(33)29-39/h1-30,51,54H. The molecule has 252 valence electrons. The van der Waals surface area contributed by atoms with Crippen LogP contribution in [0.15, 0.2) is 158 Å². The van der Waals surface area contributed by atoms with Crippen LogP contribution in [0.2, 0.25) is 0 Å². The van der Waals surface area contributed by atoms with Crippen LogP contribution in [0, 0.1) is 0 Å². The van der Waals surface area contributed by atoms with Crippen LogP contribution in [0.3, 0.4) is 0 Å². The van der Waals surface area contributed by atoms with E-state index in [4.69, 9.17) is 9.97 Å². The molecule has 0 saturated carbocycles. The Bertz CT molecular complexity index is 3150. The van der Waals surface area contributed by atoms with Crippen molar-refractivity contribution in [3.63, 3.8) is 0 Å². The maximum Gasteiger partial charge on any atom is 0.0737 e. The number of aromatic nitrogens is 4. The van der Waals surface area contributed by atoms with E-state index in [1.165, 1.54) is 32.3 Å². The van der Waals surface area contributed by atoms with Crippen LogP contribution in [-0.4, -0.2) is 19.9 Å². The Morgan fingerprint density at radius 3 is 1.22 bits per heavy atom. The highest BCUT2D eigenvalue weighted by Crippen LogP contribution is 2.38. The van der Waals surface area contributed by atoms with Crippen molar-refractivity contribution in [1.29, 1.82) is 0 Å². The molecule has 11 rings (SSSR count). The largest absolute Gasteiger partial charge is 0.355 e. The zero-order valence-electron chi connectivity index (χ0n) is 29.2. The minimum Gasteiger partial charge on any atom is -0.355 e. The average Bonchev–Trinajstić information content (AvgIpc) is 4.06. The van der Waals surface area contributed by atoms with Crippen LogP contribution in [0.5, 0.6) is 0 Å².